The highest BCUT2D eigenvalue weighted by Crippen LogP contribution is 2.30. The van der Waals surface area contributed by atoms with Gasteiger partial charge in [-0.3, -0.25) is 0 Å². The molecule has 112 valence electrons. The second-order valence-corrected chi connectivity index (χ2v) is 6.48. The van der Waals surface area contributed by atoms with Crippen LogP contribution in [0.4, 0.5) is 4.39 Å². The van der Waals surface area contributed by atoms with Gasteiger partial charge < -0.3 is 10.0 Å². The number of halogens is 2. The van der Waals surface area contributed by atoms with Gasteiger partial charge in [-0.1, -0.05) is 23.7 Å². The maximum atomic E-state index is 13.5. The van der Waals surface area contributed by atoms with Crippen molar-refractivity contribution in [1.82, 2.24) is 4.90 Å². The summed E-state index contributed by atoms with van der Waals surface area (Å²) in [5.41, 5.74) is -0.0756. The molecule has 1 aromatic rings. The van der Waals surface area contributed by atoms with Crippen molar-refractivity contribution in [3.05, 3.63) is 34.6 Å². The number of rotatable bonds is 3. The molecule has 0 amide bonds. The molecule has 1 atom stereocenters. The summed E-state index contributed by atoms with van der Waals surface area (Å²) in [6, 6.07) is 5.30. The van der Waals surface area contributed by atoms with Gasteiger partial charge in [0.15, 0.2) is 0 Å². The Labute approximate surface area is 125 Å². The second kappa shape index (κ2) is 6.42. The van der Waals surface area contributed by atoms with Gasteiger partial charge in [0.25, 0.3) is 0 Å². The van der Waals surface area contributed by atoms with Crippen molar-refractivity contribution in [2.24, 2.45) is 0 Å². The summed E-state index contributed by atoms with van der Waals surface area (Å²) in [6.45, 7) is 6.24. The molecule has 2 rings (SSSR count). The third kappa shape index (κ3) is 3.72. The summed E-state index contributed by atoms with van der Waals surface area (Å²) >= 11 is 6.00. The molecular formula is C16H23ClFNO. The summed E-state index contributed by atoms with van der Waals surface area (Å²) in [5.74, 6) is -0.412. The van der Waals surface area contributed by atoms with Crippen molar-refractivity contribution in [1.29, 1.82) is 0 Å². The van der Waals surface area contributed by atoms with Gasteiger partial charge in [0.2, 0.25) is 0 Å². The molecular weight excluding hydrogens is 277 g/mol. The summed E-state index contributed by atoms with van der Waals surface area (Å²) in [5, 5.41) is 11.0. The fraction of sp³-hybridized carbons (Fsp3) is 0.625. The van der Waals surface area contributed by atoms with Gasteiger partial charge in [0.1, 0.15) is 5.82 Å². The molecule has 1 aliphatic heterocycles. The van der Waals surface area contributed by atoms with E-state index in [0.717, 1.165) is 25.9 Å². The molecule has 1 N–H and O–H groups in total. The Bertz CT molecular complexity index is 466. The van der Waals surface area contributed by atoms with Crippen molar-refractivity contribution in [3.63, 3.8) is 0 Å². The van der Waals surface area contributed by atoms with E-state index in [1.54, 1.807) is 12.1 Å². The van der Waals surface area contributed by atoms with Crippen LogP contribution in [0.2, 0.25) is 5.02 Å². The second-order valence-electron chi connectivity index (χ2n) is 6.10. The van der Waals surface area contributed by atoms with Crippen LogP contribution < -0.4 is 0 Å². The Morgan fingerprint density at radius 3 is 2.80 bits per heavy atom. The molecule has 0 saturated carbocycles. The van der Waals surface area contributed by atoms with Gasteiger partial charge in [-0.2, -0.15) is 0 Å². The van der Waals surface area contributed by atoms with E-state index in [0.29, 0.717) is 24.4 Å². The topological polar surface area (TPSA) is 23.5 Å². The van der Waals surface area contributed by atoms with E-state index in [1.165, 1.54) is 6.07 Å². The van der Waals surface area contributed by atoms with E-state index < -0.39 is 11.4 Å². The lowest BCUT2D eigenvalue weighted by atomic mass is 9.87. The average molecular weight is 300 g/mol. The first kappa shape index (κ1) is 15.7. The molecule has 1 saturated heterocycles. The third-order valence-corrected chi connectivity index (χ3v) is 4.66. The van der Waals surface area contributed by atoms with Gasteiger partial charge in [0.05, 0.1) is 10.6 Å². The van der Waals surface area contributed by atoms with Crippen LogP contribution >= 0.6 is 11.6 Å². The SMILES string of the molecule is CC(C)N1CCCC(O)(Cc2cccc(F)c2Cl)CC1. The Balaban J connectivity index is 2.09. The van der Waals surface area contributed by atoms with Crippen LogP contribution in [0.25, 0.3) is 0 Å². The predicted octanol–water partition coefficient (Wildman–Crippen LogP) is 3.65. The average Bonchev–Trinajstić information content (AvgIpc) is 2.57. The first-order chi connectivity index (χ1) is 9.41. The van der Waals surface area contributed by atoms with Crippen LogP contribution in [0.3, 0.4) is 0 Å². The molecule has 0 spiro atoms. The highest BCUT2D eigenvalue weighted by atomic mass is 35.5. The largest absolute Gasteiger partial charge is 0.389 e. The number of hydrogen-bond acceptors (Lipinski definition) is 2. The molecule has 1 heterocycles. The van der Waals surface area contributed by atoms with Crippen molar-refractivity contribution in [2.45, 2.75) is 51.2 Å². The Hall–Kier alpha value is -0.640. The molecule has 1 unspecified atom stereocenters. The number of aliphatic hydroxyl groups is 1. The highest BCUT2D eigenvalue weighted by Gasteiger charge is 2.31. The number of likely N-dealkylation sites (tertiary alicyclic amines) is 1. The summed E-state index contributed by atoms with van der Waals surface area (Å²) in [4.78, 5) is 2.38. The minimum absolute atomic E-state index is 0.144. The van der Waals surface area contributed by atoms with Crippen LogP contribution in [0.5, 0.6) is 0 Å². The van der Waals surface area contributed by atoms with E-state index in [-0.39, 0.29) is 5.02 Å². The molecule has 1 fully saturated rings. The monoisotopic (exact) mass is 299 g/mol. The Kier molecular flexibility index (Phi) is 5.05. The molecule has 4 heteroatoms. The van der Waals surface area contributed by atoms with Crippen molar-refractivity contribution >= 4 is 11.6 Å². The van der Waals surface area contributed by atoms with Crippen molar-refractivity contribution < 1.29 is 9.50 Å². The van der Waals surface area contributed by atoms with Crippen molar-refractivity contribution in [3.8, 4) is 0 Å². The van der Waals surface area contributed by atoms with Crippen LogP contribution in [-0.2, 0) is 6.42 Å². The first-order valence-electron chi connectivity index (χ1n) is 7.31. The highest BCUT2D eigenvalue weighted by molar-refractivity contribution is 6.31. The quantitative estimate of drug-likeness (QED) is 0.921. The van der Waals surface area contributed by atoms with E-state index >= 15 is 0 Å². The maximum Gasteiger partial charge on any atom is 0.142 e. The molecule has 20 heavy (non-hydrogen) atoms. The van der Waals surface area contributed by atoms with E-state index in [1.807, 2.05) is 0 Å². The van der Waals surface area contributed by atoms with Gasteiger partial charge in [-0.05, 0) is 51.3 Å². The van der Waals surface area contributed by atoms with Crippen LogP contribution in [0, 0.1) is 5.82 Å². The molecule has 2 nitrogen and oxygen atoms in total. The number of nitrogens with zero attached hydrogens (tertiary/aromatic N) is 1. The molecule has 0 bridgehead atoms. The lowest BCUT2D eigenvalue weighted by molar-refractivity contribution is 0.0248. The van der Waals surface area contributed by atoms with Crippen LogP contribution in [0.1, 0.15) is 38.7 Å². The zero-order valence-corrected chi connectivity index (χ0v) is 13.0. The normalized spacial score (nSPS) is 24.9. The third-order valence-electron chi connectivity index (χ3n) is 4.23. The zero-order valence-electron chi connectivity index (χ0n) is 12.2. The number of benzene rings is 1. The fourth-order valence-electron chi connectivity index (χ4n) is 2.93. The Morgan fingerprint density at radius 1 is 1.35 bits per heavy atom. The van der Waals surface area contributed by atoms with E-state index in [4.69, 9.17) is 11.6 Å². The van der Waals surface area contributed by atoms with Gasteiger partial charge in [-0.25, -0.2) is 4.39 Å². The lowest BCUT2D eigenvalue weighted by Crippen LogP contribution is -2.35. The molecule has 0 radical (unpaired) electrons. The van der Waals surface area contributed by atoms with Crippen molar-refractivity contribution in [2.75, 3.05) is 13.1 Å². The maximum absolute atomic E-state index is 13.5. The smallest absolute Gasteiger partial charge is 0.142 e. The standard InChI is InChI=1S/C16H23ClFNO/c1-12(2)19-9-4-7-16(20,8-10-19)11-13-5-3-6-14(18)15(13)17/h3,5-6,12,20H,4,7-11H2,1-2H3. The fourth-order valence-corrected chi connectivity index (χ4v) is 3.13. The van der Waals surface area contributed by atoms with Gasteiger partial charge in [0, 0.05) is 19.0 Å². The molecule has 0 aromatic heterocycles. The van der Waals surface area contributed by atoms with Gasteiger partial charge >= 0.3 is 0 Å². The van der Waals surface area contributed by atoms with Crippen LogP contribution in [0.15, 0.2) is 18.2 Å². The summed E-state index contributed by atoms with van der Waals surface area (Å²) < 4.78 is 13.5. The molecule has 1 aromatic carbocycles. The summed E-state index contributed by atoms with van der Waals surface area (Å²) in [7, 11) is 0. The zero-order chi connectivity index (χ0) is 14.8. The van der Waals surface area contributed by atoms with Gasteiger partial charge in [-0.15, -0.1) is 0 Å². The first-order valence-corrected chi connectivity index (χ1v) is 7.68. The predicted molar refractivity (Wildman–Crippen MR) is 80.6 cm³/mol. The van der Waals surface area contributed by atoms with E-state index in [2.05, 4.69) is 18.7 Å². The number of hydrogen-bond donors (Lipinski definition) is 1. The summed E-state index contributed by atoms with van der Waals surface area (Å²) in [6.07, 6.45) is 2.83. The van der Waals surface area contributed by atoms with Crippen LogP contribution in [-0.4, -0.2) is 34.7 Å². The Morgan fingerprint density at radius 2 is 2.10 bits per heavy atom. The minimum Gasteiger partial charge on any atom is -0.389 e. The molecule has 0 aliphatic carbocycles. The molecule has 1 aliphatic rings. The minimum atomic E-state index is -0.777. The lowest BCUT2D eigenvalue weighted by Gasteiger charge is -2.28. The van der Waals surface area contributed by atoms with E-state index in [9.17, 15) is 9.50 Å².